The van der Waals surface area contributed by atoms with E-state index in [9.17, 15) is 14.7 Å². The van der Waals surface area contributed by atoms with Crippen molar-refractivity contribution in [3.05, 3.63) is 23.8 Å². The highest BCUT2D eigenvalue weighted by atomic mass is 16.3. The lowest BCUT2D eigenvalue weighted by Crippen LogP contribution is -2.54. The minimum Gasteiger partial charge on any atom is -0.392 e. The van der Waals surface area contributed by atoms with Crippen LogP contribution >= 0.6 is 0 Å². The van der Waals surface area contributed by atoms with E-state index in [1.54, 1.807) is 13.0 Å². The van der Waals surface area contributed by atoms with E-state index in [0.717, 1.165) is 31.3 Å². The average Bonchev–Trinajstić information content (AvgIpc) is 2.86. The van der Waals surface area contributed by atoms with E-state index in [4.69, 9.17) is 0 Å². The Balaban J connectivity index is 1.75. The van der Waals surface area contributed by atoms with Gasteiger partial charge in [0, 0.05) is 17.8 Å². The van der Waals surface area contributed by atoms with E-state index in [-0.39, 0.29) is 29.0 Å². The van der Waals surface area contributed by atoms with Crippen LogP contribution in [-0.2, 0) is 9.59 Å². The average molecular weight is 328 g/mol. The highest BCUT2D eigenvalue weighted by Gasteiger charge is 2.60. The van der Waals surface area contributed by atoms with Crippen molar-refractivity contribution < 1.29 is 14.7 Å². The summed E-state index contributed by atoms with van der Waals surface area (Å²) in [6.07, 6.45) is 9.99. The van der Waals surface area contributed by atoms with Gasteiger partial charge in [-0.1, -0.05) is 26.0 Å². The van der Waals surface area contributed by atoms with Crippen molar-refractivity contribution in [3.63, 3.8) is 0 Å². The van der Waals surface area contributed by atoms with Crippen LogP contribution in [0, 0.1) is 34.5 Å². The van der Waals surface area contributed by atoms with Gasteiger partial charge in [0.1, 0.15) is 5.78 Å². The Kier molecular flexibility index (Phi) is 3.48. The lowest BCUT2D eigenvalue weighted by atomic mass is 9.48. The van der Waals surface area contributed by atoms with Crippen molar-refractivity contribution >= 4 is 11.6 Å². The third-order valence-corrected chi connectivity index (χ3v) is 8.12. The van der Waals surface area contributed by atoms with Crippen molar-refractivity contribution in [2.24, 2.45) is 34.5 Å². The smallest absolute Gasteiger partial charge is 0.158 e. The van der Waals surface area contributed by atoms with Crippen molar-refractivity contribution in [1.29, 1.82) is 0 Å². The second-order valence-electron chi connectivity index (χ2n) is 9.00. The fourth-order valence-electron chi connectivity index (χ4n) is 6.72. The highest BCUT2D eigenvalue weighted by molar-refractivity contribution is 5.93. The normalized spacial score (nSPS) is 49.9. The molecule has 2 fully saturated rings. The molecule has 4 aliphatic rings. The van der Waals surface area contributed by atoms with Crippen molar-refractivity contribution in [2.75, 3.05) is 0 Å². The quantitative estimate of drug-likeness (QED) is 0.802. The van der Waals surface area contributed by atoms with Gasteiger partial charge in [0.05, 0.1) is 6.10 Å². The van der Waals surface area contributed by atoms with E-state index in [0.29, 0.717) is 23.5 Å². The van der Waals surface area contributed by atoms with E-state index in [1.165, 1.54) is 0 Å². The van der Waals surface area contributed by atoms with Crippen LogP contribution in [0.2, 0.25) is 0 Å². The van der Waals surface area contributed by atoms with Gasteiger partial charge in [-0.2, -0.15) is 0 Å². The fourth-order valence-corrected chi connectivity index (χ4v) is 6.72. The maximum Gasteiger partial charge on any atom is 0.158 e. The van der Waals surface area contributed by atoms with Crippen LogP contribution in [0.15, 0.2) is 23.8 Å². The van der Waals surface area contributed by atoms with Crippen LogP contribution in [0.3, 0.4) is 0 Å². The second kappa shape index (κ2) is 5.14. The summed E-state index contributed by atoms with van der Waals surface area (Å²) in [7, 11) is 0. The number of fused-ring (bicyclic) bond motifs is 5. The Morgan fingerprint density at radius 3 is 2.67 bits per heavy atom. The maximum absolute atomic E-state index is 12.1. The molecule has 4 aliphatic carbocycles. The molecule has 0 radical (unpaired) electrons. The number of Topliss-reactive ketones (excluding diaryl/α,β-unsaturated/α-hetero) is 1. The third-order valence-electron chi connectivity index (χ3n) is 8.12. The predicted molar refractivity (Wildman–Crippen MR) is 92.2 cm³/mol. The lowest BCUT2D eigenvalue weighted by Gasteiger charge is -2.57. The first-order valence-electron chi connectivity index (χ1n) is 9.40. The zero-order chi connectivity index (χ0) is 17.3. The number of aliphatic hydroxyl groups is 1. The molecule has 1 N–H and O–H groups in total. The van der Waals surface area contributed by atoms with Gasteiger partial charge in [-0.3, -0.25) is 9.59 Å². The summed E-state index contributed by atoms with van der Waals surface area (Å²) < 4.78 is 0. The van der Waals surface area contributed by atoms with Crippen LogP contribution in [0.4, 0.5) is 0 Å². The number of carbonyl (C=O) groups excluding carboxylic acids is 2. The molecule has 3 nitrogen and oxygen atoms in total. The summed E-state index contributed by atoms with van der Waals surface area (Å²) in [6.45, 7) is 6.21. The summed E-state index contributed by atoms with van der Waals surface area (Å²) in [4.78, 5) is 24.0. The third kappa shape index (κ3) is 1.94. The zero-order valence-corrected chi connectivity index (χ0v) is 14.9. The Morgan fingerprint density at radius 1 is 1.21 bits per heavy atom. The van der Waals surface area contributed by atoms with Crippen molar-refractivity contribution in [1.82, 2.24) is 0 Å². The first kappa shape index (κ1) is 16.3. The van der Waals surface area contributed by atoms with E-state index >= 15 is 0 Å². The molecular weight excluding hydrogens is 300 g/mol. The van der Waals surface area contributed by atoms with E-state index < -0.39 is 6.10 Å². The fraction of sp³-hybridized carbons (Fsp3) is 0.714. The molecule has 0 aliphatic heterocycles. The number of aliphatic hydroxyl groups excluding tert-OH is 1. The molecule has 0 aromatic rings. The first-order chi connectivity index (χ1) is 11.3. The van der Waals surface area contributed by atoms with Gasteiger partial charge in [0.25, 0.3) is 0 Å². The number of rotatable bonds is 1. The van der Waals surface area contributed by atoms with Gasteiger partial charge in [0.2, 0.25) is 0 Å². The molecule has 0 spiro atoms. The van der Waals surface area contributed by atoms with Gasteiger partial charge in [-0.25, -0.2) is 0 Å². The largest absolute Gasteiger partial charge is 0.392 e. The first-order valence-corrected chi connectivity index (χ1v) is 9.40. The Labute approximate surface area is 144 Å². The molecule has 2 saturated carbocycles. The Morgan fingerprint density at radius 2 is 1.96 bits per heavy atom. The van der Waals surface area contributed by atoms with Crippen molar-refractivity contribution in [2.45, 2.75) is 59.0 Å². The molecule has 7 atom stereocenters. The van der Waals surface area contributed by atoms with E-state index in [1.807, 2.05) is 0 Å². The number of ketones is 2. The van der Waals surface area contributed by atoms with Gasteiger partial charge < -0.3 is 5.11 Å². The van der Waals surface area contributed by atoms with Crippen LogP contribution in [0.5, 0.6) is 0 Å². The summed E-state index contributed by atoms with van der Waals surface area (Å²) in [5, 5.41) is 10.8. The topological polar surface area (TPSA) is 54.4 Å². The minimum absolute atomic E-state index is 0.0382. The van der Waals surface area contributed by atoms with Gasteiger partial charge >= 0.3 is 0 Å². The maximum atomic E-state index is 12.1. The standard InChI is InChI=1S/C21H28O3/c1-12(22)16-6-7-17-15-5-4-13-10-14(23)11-19(24)21(13,3)18(15)8-9-20(16,17)2/h4-5,10,15-19,24H,6-9,11H2,1-3H3/t15-,16+,17-,18+,19?,20+,21+/m0/s1. The highest BCUT2D eigenvalue weighted by Crippen LogP contribution is 2.65. The molecule has 4 rings (SSSR count). The Bertz CT molecular complexity index is 660. The zero-order valence-electron chi connectivity index (χ0n) is 14.9. The van der Waals surface area contributed by atoms with Crippen molar-refractivity contribution in [3.8, 4) is 0 Å². The summed E-state index contributed by atoms with van der Waals surface area (Å²) in [6, 6.07) is 0. The van der Waals surface area contributed by atoms with Crippen LogP contribution in [-0.4, -0.2) is 22.8 Å². The molecular formula is C21H28O3. The Hall–Kier alpha value is -1.22. The summed E-state index contributed by atoms with van der Waals surface area (Å²) >= 11 is 0. The molecule has 24 heavy (non-hydrogen) atoms. The van der Waals surface area contributed by atoms with E-state index in [2.05, 4.69) is 26.0 Å². The number of hydrogen-bond acceptors (Lipinski definition) is 3. The molecule has 0 amide bonds. The van der Waals surface area contributed by atoms with Crippen LogP contribution in [0.25, 0.3) is 0 Å². The number of hydrogen-bond donors (Lipinski definition) is 1. The molecule has 0 aromatic carbocycles. The molecule has 3 heteroatoms. The molecule has 130 valence electrons. The molecule has 0 bridgehead atoms. The molecule has 0 saturated heterocycles. The number of carbonyl (C=O) groups is 2. The van der Waals surface area contributed by atoms with Gasteiger partial charge in [-0.05, 0) is 67.4 Å². The molecule has 1 unspecified atom stereocenters. The van der Waals surface area contributed by atoms with Crippen LogP contribution < -0.4 is 0 Å². The van der Waals surface area contributed by atoms with Gasteiger partial charge in [-0.15, -0.1) is 0 Å². The lowest BCUT2D eigenvalue weighted by molar-refractivity contribution is -0.129. The SMILES string of the molecule is CC(=O)[C@H]1CC[C@H]2[C@@H]3C=CC4=CC(=O)CC(O)[C@@]4(C)[C@@H]3CC[C@]12C. The predicted octanol–water partition coefficient (Wildman–Crippen LogP) is 3.47. The minimum atomic E-state index is -0.586. The van der Waals surface area contributed by atoms with Gasteiger partial charge in [0.15, 0.2) is 5.78 Å². The monoisotopic (exact) mass is 328 g/mol. The van der Waals surface area contributed by atoms with Crippen LogP contribution in [0.1, 0.15) is 52.9 Å². The second-order valence-corrected chi connectivity index (χ2v) is 9.00. The summed E-state index contributed by atoms with van der Waals surface area (Å²) in [5.41, 5.74) is 0.796. The number of allylic oxidation sites excluding steroid dienone is 3. The molecule has 0 aromatic heterocycles. The molecule has 0 heterocycles. The summed E-state index contributed by atoms with van der Waals surface area (Å²) in [5.74, 6) is 1.88.